The molecule has 22 heavy (non-hydrogen) atoms. The summed E-state index contributed by atoms with van der Waals surface area (Å²) in [5, 5.41) is 12.7. The fraction of sp³-hybridized carbons (Fsp3) is 0.400. The van der Waals surface area contributed by atoms with Crippen LogP contribution in [0.1, 0.15) is 19.2 Å². The zero-order valence-electron chi connectivity index (χ0n) is 12.4. The van der Waals surface area contributed by atoms with Crippen LogP contribution in [0.25, 0.3) is 10.8 Å². The summed E-state index contributed by atoms with van der Waals surface area (Å²) in [5.74, 6) is 3.29. The second kappa shape index (κ2) is 8.32. The van der Waals surface area contributed by atoms with Gasteiger partial charge in [0.05, 0.1) is 24.5 Å². The van der Waals surface area contributed by atoms with Crippen molar-refractivity contribution in [3.05, 3.63) is 23.4 Å². The first-order valence-electron chi connectivity index (χ1n) is 7.01. The monoisotopic (exact) mass is 318 g/mol. The van der Waals surface area contributed by atoms with Gasteiger partial charge in [0, 0.05) is 0 Å². The summed E-state index contributed by atoms with van der Waals surface area (Å²) >= 11 is 1.55. The van der Waals surface area contributed by atoms with Crippen molar-refractivity contribution < 1.29 is 9.21 Å². The number of terminal acetylenes is 1. The molecule has 0 aliphatic rings. The molecule has 0 saturated heterocycles. The Bertz CT molecular complexity index is 630. The molecule has 0 aliphatic heterocycles. The predicted octanol–water partition coefficient (Wildman–Crippen LogP) is 1.76. The lowest BCUT2D eigenvalue weighted by molar-refractivity contribution is -0.122. The van der Waals surface area contributed by atoms with Crippen LogP contribution in [0.3, 0.4) is 0 Å². The average molecular weight is 318 g/mol. The second-order valence-electron chi connectivity index (χ2n) is 4.67. The molecule has 0 aromatic carbocycles. The van der Waals surface area contributed by atoms with Crippen LogP contribution >= 0.6 is 11.3 Å². The minimum atomic E-state index is -0.107. The van der Waals surface area contributed by atoms with Gasteiger partial charge in [0.2, 0.25) is 11.8 Å². The van der Waals surface area contributed by atoms with Crippen LogP contribution in [0.4, 0.5) is 0 Å². The Morgan fingerprint density at radius 2 is 2.41 bits per heavy atom. The number of rotatable bonds is 8. The Labute approximate surface area is 133 Å². The fourth-order valence-electron chi connectivity index (χ4n) is 1.95. The summed E-state index contributed by atoms with van der Waals surface area (Å²) in [7, 11) is 0. The number of thiophene rings is 1. The number of carbonyl (C=O) groups is 1. The van der Waals surface area contributed by atoms with E-state index in [-0.39, 0.29) is 19.0 Å². The Kier molecular flexibility index (Phi) is 6.13. The molecule has 2 aromatic rings. The first kappa shape index (κ1) is 16.2. The van der Waals surface area contributed by atoms with Crippen molar-refractivity contribution in [2.75, 3.05) is 19.6 Å². The SMILES string of the molecule is C#CCNC(=O)CN(CCC)Cc1nnc(-c2cccs2)o1. The van der Waals surface area contributed by atoms with Gasteiger partial charge in [-0.15, -0.1) is 28.0 Å². The van der Waals surface area contributed by atoms with Gasteiger partial charge in [0.1, 0.15) is 0 Å². The molecule has 116 valence electrons. The largest absolute Gasteiger partial charge is 0.419 e. The van der Waals surface area contributed by atoms with Crippen molar-refractivity contribution >= 4 is 17.2 Å². The smallest absolute Gasteiger partial charge is 0.257 e. The Hall–Kier alpha value is -2.17. The van der Waals surface area contributed by atoms with Gasteiger partial charge in [-0.05, 0) is 24.4 Å². The van der Waals surface area contributed by atoms with Gasteiger partial charge in [-0.1, -0.05) is 18.9 Å². The number of nitrogens with zero attached hydrogens (tertiary/aromatic N) is 3. The number of carbonyl (C=O) groups excluding carboxylic acids is 1. The van der Waals surface area contributed by atoms with Crippen molar-refractivity contribution in [2.45, 2.75) is 19.9 Å². The van der Waals surface area contributed by atoms with Crippen molar-refractivity contribution in [1.82, 2.24) is 20.4 Å². The van der Waals surface area contributed by atoms with Gasteiger partial charge in [-0.2, -0.15) is 0 Å². The van der Waals surface area contributed by atoms with Crippen LogP contribution in [-0.2, 0) is 11.3 Å². The molecule has 0 unspecified atom stereocenters. The van der Waals surface area contributed by atoms with E-state index in [1.54, 1.807) is 11.3 Å². The quantitative estimate of drug-likeness (QED) is 0.751. The number of hydrogen-bond acceptors (Lipinski definition) is 6. The number of amides is 1. The van der Waals surface area contributed by atoms with Crippen LogP contribution in [0.15, 0.2) is 21.9 Å². The number of aromatic nitrogens is 2. The fourth-order valence-corrected chi connectivity index (χ4v) is 2.59. The molecule has 0 atom stereocenters. The van der Waals surface area contributed by atoms with E-state index in [1.165, 1.54) is 0 Å². The molecule has 2 heterocycles. The second-order valence-corrected chi connectivity index (χ2v) is 5.62. The van der Waals surface area contributed by atoms with E-state index in [4.69, 9.17) is 10.8 Å². The van der Waals surface area contributed by atoms with Crippen LogP contribution < -0.4 is 5.32 Å². The van der Waals surface area contributed by atoms with E-state index in [1.807, 2.05) is 22.4 Å². The number of nitrogens with one attached hydrogen (secondary N) is 1. The highest BCUT2D eigenvalue weighted by molar-refractivity contribution is 7.13. The molecule has 0 bridgehead atoms. The maximum Gasteiger partial charge on any atom is 0.257 e. The van der Waals surface area contributed by atoms with E-state index in [0.29, 0.717) is 18.3 Å². The van der Waals surface area contributed by atoms with Crippen molar-refractivity contribution in [1.29, 1.82) is 0 Å². The maximum atomic E-state index is 11.8. The summed E-state index contributed by atoms with van der Waals surface area (Å²) in [6, 6.07) is 3.86. The van der Waals surface area contributed by atoms with Gasteiger partial charge in [-0.3, -0.25) is 9.69 Å². The van der Waals surface area contributed by atoms with Gasteiger partial charge in [-0.25, -0.2) is 0 Å². The van der Waals surface area contributed by atoms with Gasteiger partial charge in [0.15, 0.2) is 0 Å². The molecule has 0 fully saturated rings. The zero-order valence-corrected chi connectivity index (χ0v) is 13.2. The number of hydrogen-bond donors (Lipinski definition) is 1. The highest BCUT2D eigenvalue weighted by Crippen LogP contribution is 2.23. The average Bonchev–Trinajstić information content (AvgIpc) is 3.16. The third-order valence-corrected chi connectivity index (χ3v) is 3.71. The molecule has 0 aliphatic carbocycles. The lowest BCUT2D eigenvalue weighted by Gasteiger charge is -2.18. The summed E-state index contributed by atoms with van der Waals surface area (Å²) in [6.45, 7) is 3.75. The first-order valence-corrected chi connectivity index (χ1v) is 7.89. The van der Waals surface area contributed by atoms with E-state index >= 15 is 0 Å². The molecule has 0 spiro atoms. The Morgan fingerprint density at radius 1 is 1.55 bits per heavy atom. The topological polar surface area (TPSA) is 71.3 Å². The zero-order chi connectivity index (χ0) is 15.8. The molecule has 0 radical (unpaired) electrons. The normalized spacial score (nSPS) is 10.6. The molecule has 2 aromatic heterocycles. The summed E-state index contributed by atoms with van der Waals surface area (Å²) in [4.78, 5) is 14.6. The van der Waals surface area contributed by atoms with E-state index in [9.17, 15) is 4.79 Å². The summed E-state index contributed by atoms with van der Waals surface area (Å²) < 4.78 is 5.65. The molecule has 7 heteroatoms. The van der Waals surface area contributed by atoms with Crippen LogP contribution in [-0.4, -0.2) is 40.6 Å². The maximum absolute atomic E-state index is 11.8. The lowest BCUT2D eigenvalue weighted by atomic mass is 10.3. The van der Waals surface area contributed by atoms with Crippen LogP contribution in [0.5, 0.6) is 0 Å². The third-order valence-electron chi connectivity index (χ3n) is 2.85. The minimum absolute atomic E-state index is 0.107. The van der Waals surface area contributed by atoms with E-state index in [0.717, 1.165) is 17.8 Å². The molecule has 1 N–H and O–H groups in total. The first-order chi connectivity index (χ1) is 10.7. The van der Waals surface area contributed by atoms with E-state index < -0.39 is 0 Å². The minimum Gasteiger partial charge on any atom is -0.419 e. The molecule has 0 saturated carbocycles. The lowest BCUT2D eigenvalue weighted by Crippen LogP contribution is -2.37. The highest BCUT2D eigenvalue weighted by atomic mass is 32.1. The predicted molar refractivity (Wildman–Crippen MR) is 85.0 cm³/mol. The molecule has 2 rings (SSSR count). The third kappa shape index (κ3) is 4.69. The standard InChI is InChI=1S/C15H18N4O2S/c1-3-7-16-13(20)10-19(8-4-2)11-14-17-18-15(21-14)12-6-5-9-22-12/h1,5-6,9H,4,7-8,10-11H2,2H3,(H,16,20). The van der Waals surface area contributed by atoms with Gasteiger partial charge < -0.3 is 9.73 Å². The van der Waals surface area contributed by atoms with Gasteiger partial charge in [0.25, 0.3) is 5.89 Å². The highest BCUT2D eigenvalue weighted by Gasteiger charge is 2.15. The summed E-state index contributed by atoms with van der Waals surface area (Å²) in [5.41, 5.74) is 0. The Morgan fingerprint density at radius 3 is 3.09 bits per heavy atom. The van der Waals surface area contributed by atoms with Crippen molar-refractivity contribution in [3.8, 4) is 23.1 Å². The molecule has 6 nitrogen and oxygen atoms in total. The van der Waals surface area contributed by atoms with Crippen molar-refractivity contribution in [3.63, 3.8) is 0 Å². The van der Waals surface area contributed by atoms with Crippen LogP contribution in [0, 0.1) is 12.3 Å². The molecule has 1 amide bonds. The molecular formula is C15H18N4O2S. The Balaban J connectivity index is 1.96. The van der Waals surface area contributed by atoms with Gasteiger partial charge >= 0.3 is 0 Å². The van der Waals surface area contributed by atoms with E-state index in [2.05, 4.69) is 28.4 Å². The van der Waals surface area contributed by atoms with Crippen LogP contribution in [0.2, 0.25) is 0 Å². The van der Waals surface area contributed by atoms with Crippen molar-refractivity contribution in [2.24, 2.45) is 0 Å². The molecular weight excluding hydrogens is 300 g/mol. The summed E-state index contributed by atoms with van der Waals surface area (Å²) in [6.07, 6.45) is 6.05.